The van der Waals surface area contributed by atoms with E-state index in [0.29, 0.717) is 39.7 Å². The smallest absolute Gasteiger partial charge is 0.340 e. The maximum Gasteiger partial charge on any atom is 0.340 e. The summed E-state index contributed by atoms with van der Waals surface area (Å²) >= 11 is 1.27. The average molecular weight is 493 g/mol. The predicted molar refractivity (Wildman–Crippen MR) is 127 cm³/mol. The van der Waals surface area contributed by atoms with E-state index in [9.17, 15) is 18.0 Å². The average Bonchev–Trinajstić information content (AvgIpc) is 3.25. The number of benzene rings is 1. The highest BCUT2D eigenvalue weighted by molar-refractivity contribution is 7.99. The van der Waals surface area contributed by atoms with Gasteiger partial charge in [0.2, 0.25) is 10.0 Å². The molecule has 33 heavy (non-hydrogen) atoms. The lowest BCUT2D eigenvalue weighted by molar-refractivity contribution is 0.0525. The maximum absolute atomic E-state index is 13.0. The van der Waals surface area contributed by atoms with E-state index < -0.39 is 16.0 Å². The molecule has 0 saturated carbocycles. The Hall–Kier alpha value is -2.63. The Morgan fingerprint density at radius 2 is 1.97 bits per heavy atom. The molecule has 0 radical (unpaired) electrons. The van der Waals surface area contributed by atoms with Gasteiger partial charge in [-0.1, -0.05) is 25.1 Å². The lowest BCUT2D eigenvalue weighted by Crippen LogP contribution is -2.11. The zero-order valence-electron chi connectivity index (χ0n) is 19.1. The van der Waals surface area contributed by atoms with Gasteiger partial charge >= 0.3 is 5.97 Å². The van der Waals surface area contributed by atoms with Crippen LogP contribution < -0.4 is 5.14 Å². The van der Waals surface area contributed by atoms with Gasteiger partial charge < -0.3 is 14.3 Å². The SMILES string of the molecule is CCCCn1c(SCC(=O)c2[nH]c(C)c(C(=O)OCC)c2C)nc2cc(S(N)(=O)=O)ccc21. The summed E-state index contributed by atoms with van der Waals surface area (Å²) in [5.41, 5.74) is 3.19. The number of fused-ring (bicyclic) bond motifs is 1. The molecule has 178 valence electrons. The fourth-order valence-electron chi connectivity index (χ4n) is 3.65. The molecule has 0 aliphatic rings. The van der Waals surface area contributed by atoms with Crippen LogP contribution in [0.3, 0.4) is 0 Å². The molecule has 2 heterocycles. The first-order chi connectivity index (χ1) is 15.6. The lowest BCUT2D eigenvalue weighted by atomic mass is 10.1. The molecule has 0 unspecified atom stereocenters. The van der Waals surface area contributed by atoms with Gasteiger partial charge in [0.15, 0.2) is 10.9 Å². The molecule has 0 amide bonds. The number of nitrogens with one attached hydrogen (secondary N) is 1. The van der Waals surface area contributed by atoms with Gasteiger partial charge in [-0.25, -0.2) is 23.3 Å². The van der Waals surface area contributed by atoms with Crippen LogP contribution in [0, 0.1) is 13.8 Å². The van der Waals surface area contributed by atoms with Gasteiger partial charge in [0, 0.05) is 12.2 Å². The first kappa shape index (κ1) is 25.0. The number of imidazole rings is 1. The van der Waals surface area contributed by atoms with E-state index in [2.05, 4.69) is 16.9 Å². The van der Waals surface area contributed by atoms with Crippen molar-refractivity contribution >= 4 is 44.6 Å². The normalized spacial score (nSPS) is 11.8. The zero-order valence-corrected chi connectivity index (χ0v) is 20.7. The number of carbonyl (C=O) groups excluding carboxylic acids is 2. The number of carbonyl (C=O) groups is 2. The van der Waals surface area contributed by atoms with E-state index in [4.69, 9.17) is 9.88 Å². The number of rotatable bonds is 10. The van der Waals surface area contributed by atoms with Gasteiger partial charge in [-0.15, -0.1) is 0 Å². The number of sulfonamides is 1. The number of nitrogens with two attached hydrogens (primary N) is 1. The predicted octanol–water partition coefficient (Wildman–Crippen LogP) is 3.58. The van der Waals surface area contributed by atoms with E-state index in [0.717, 1.165) is 18.4 Å². The number of H-pyrrole nitrogens is 1. The number of unbranched alkanes of at least 4 members (excludes halogenated alkanes) is 1. The van der Waals surface area contributed by atoms with Crippen LogP contribution in [0.1, 0.15) is 58.8 Å². The van der Waals surface area contributed by atoms with Crippen molar-refractivity contribution in [2.24, 2.45) is 5.14 Å². The van der Waals surface area contributed by atoms with Crippen molar-refractivity contribution in [2.45, 2.75) is 57.1 Å². The number of aromatic amines is 1. The van der Waals surface area contributed by atoms with E-state index in [1.54, 1.807) is 26.8 Å². The minimum absolute atomic E-state index is 0.00764. The first-order valence-electron chi connectivity index (χ1n) is 10.6. The molecular formula is C22H28N4O5S2. The quantitative estimate of drug-likeness (QED) is 0.251. The van der Waals surface area contributed by atoms with Crippen LogP contribution in [0.4, 0.5) is 0 Å². The molecule has 11 heteroatoms. The number of aryl methyl sites for hydroxylation is 2. The van der Waals surface area contributed by atoms with Crippen molar-refractivity contribution in [3.8, 4) is 0 Å². The van der Waals surface area contributed by atoms with Crippen LogP contribution in [-0.2, 0) is 21.3 Å². The Kier molecular flexibility index (Phi) is 7.65. The topological polar surface area (TPSA) is 137 Å². The number of ether oxygens (including phenoxy) is 1. The lowest BCUT2D eigenvalue weighted by Gasteiger charge is -2.08. The molecule has 9 nitrogen and oxygen atoms in total. The summed E-state index contributed by atoms with van der Waals surface area (Å²) in [5.74, 6) is -0.529. The highest BCUT2D eigenvalue weighted by Gasteiger charge is 2.23. The fraction of sp³-hybridized carbons (Fsp3) is 0.409. The number of thioether (sulfide) groups is 1. The third kappa shape index (κ3) is 5.31. The van der Waals surface area contributed by atoms with Gasteiger partial charge in [0.05, 0.1) is 39.5 Å². The Bertz CT molecular complexity index is 1310. The number of hydrogen-bond acceptors (Lipinski definition) is 7. The summed E-state index contributed by atoms with van der Waals surface area (Å²) in [6, 6.07) is 4.60. The Morgan fingerprint density at radius 1 is 1.24 bits per heavy atom. The number of ketones is 1. The molecule has 0 saturated heterocycles. The molecule has 1 aromatic carbocycles. The molecule has 0 aliphatic carbocycles. The van der Waals surface area contributed by atoms with Crippen molar-refractivity contribution < 1.29 is 22.7 Å². The highest BCUT2D eigenvalue weighted by atomic mass is 32.2. The maximum atomic E-state index is 13.0. The van der Waals surface area contributed by atoms with E-state index in [1.165, 1.54) is 23.9 Å². The van der Waals surface area contributed by atoms with E-state index in [1.807, 2.05) is 4.57 Å². The molecule has 0 fully saturated rings. The fourth-order valence-corrected chi connectivity index (χ4v) is 5.09. The summed E-state index contributed by atoms with van der Waals surface area (Å²) < 4.78 is 30.5. The minimum atomic E-state index is -3.85. The zero-order chi connectivity index (χ0) is 24.3. The molecule has 0 bridgehead atoms. The summed E-state index contributed by atoms with van der Waals surface area (Å²) in [5, 5.41) is 5.87. The van der Waals surface area contributed by atoms with E-state index >= 15 is 0 Å². The largest absolute Gasteiger partial charge is 0.462 e. The second-order valence-electron chi connectivity index (χ2n) is 7.65. The van der Waals surface area contributed by atoms with Gasteiger partial charge in [0.1, 0.15) is 0 Å². The molecule has 3 rings (SSSR count). The summed E-state index contributed by atoms with van der Waals surface area (Å²) in [6.07, 6.45) is 1.87. The molecule has 2 aromatic heterocycles. The molecule has 0 spiro atoms. The first-order valence-corrected chi connectivity index (χ1v) is 13.2. The van der Waals surface area contributed by atoms with Crippen LogP contribution in [0.15, 0.2) is 28.3 Å². The Labute approximate surface area is 197 Å². The molecule has 3 N–H and O–H groups in total. The van der Waals surface area contributed by atoms with Crippen molar-refractivity contribution in [2.75, 3.05) is 12.4 Å². The second-order valence-corrected chi connectivity index (χ2v) is 10.2. The van der Waals surface area contributed by atoms with Crippen LogP contribution in [0.2, 0.25) is 0 Å². The monoisotopic (exact) mass is 492 g/mol. The highest BCUT2D eigenvalue weighted by Crippen LogP contribution is 2.28. The van der Waals surface area contributed by atoms with Crippen LogP contribution in [0.5, 0.6) is 0 Å². The van der Waals surface area contributed by atoms with Crippen molar-refractivity contribution in [1.82, 2.24) is 14.5 Å². The third-order valence-corrected chi connectivity index (χ3v) is 7.16. The van der Waals surface area contributed by atoms with Crippen LogP contribution in [0.25, 0.3) is 11.0 Å². The summed E-state index contributed by atoms with van der Waals surface area (Å²) in [7, 11) is -3.85. The number of Topliss-reactive ketones (excluding diaryl/α,β-unsaturated/α-hetero) is 1. The molecule has 0 atom stereocenters. The second kappa shape index (κ2) is 10.1. The molecule has 3 aromatic rings. The number of aromatic nitrogens is 3. The van der Waals surface area contributed by atoms with Gasteiger partial charge in [-0.05, 0) is 51.0 Å². The van der Waals surface area contributed by atoms with Crippen LogP contribution >= 0.6 is 11.8 Å². The standard InChI is InChI=1S/C22H28N4O5S2/c1-5-7-10-26-17-9-8-15(33(23,29)30)11-16(17)25-22(26)32-12-18(27)20-13(3)19(14(4)24-20)21(28)31-6-2/h8-9,11,24H,5-7,10,12H2,1-4H3,(H2,23,29,30). The number of primary sulfonamides is 1. The molecule has 0 aliphatic heterocycles. The summed E-state index contributed by atoms with van der Waals surface area (Å²) in [6.45, 7) is 8.20. The third-order valence-electron chi connectivity index (χ3n) is 5.28. The Morgan fingerprint density at radius 3 is 2.61 bits per heavy atom. The van der Waals surface area contributed by atoms with Crippen molar-refractivity contribution in [3.05, 3.63) is 40.7 Å². The molecular weight excluding hydrogens is 464 g/mol. The number of nitrogens with zero attached hydrogens (tertiary/aromatic N) is 2. The van der Waals surface area contributed by atoms with Gasteiger partial charge in [-0.3, -0.25) is 4.79 Å². The van der Waals surface area contributed by atoms with Gasteiger partial charge in [0.25, 0.3) is 0 Å². The van der Waals surface area contributed by atoms with Crippen molar-refractivity contribution in [1.29, 1.82) is 0 Å². The van der Waals surface area contributed by atoms with E-state index in [-0.39, 0.29) is 23.0 Å². The Balaban J connectivity index is 1.89. The number of esters is 1. The van der Waals surface area contributed by atoms with Crippen LogP contribution in [-0.4, -0.2) is 47.1 Å². The van der Waals surface area contributed by atoms with Gasteiger partial charge in [-0.2, -0.15) is 0 Å². The number of hydrogen-bond donors (Lipinski definition) is 2. The summed E-state index contributed by atoms with van der Waals surface area (Å²) in [4.78, 5) is 32.8. The minimum Gasteiger partial charge on any atom is -0.462 e. The van der Waals surface area contributed by atoms with Crippen molar-refractivity contribution in [3.63, 3.8) is 0 Å².